The molecule has 1 fully saturated rings. The molecule has 4 N–H and O–H groups in total. The molecule has 1 amide bonds. The van der Waals surface area contributed by atoms with Crippen LogP contribution in [0.5, 0.6) is 5.75 Å². The molecule has 3 unspecified atom stereocenters. The molecule has 5 nitrogen and oxygen atoms in total. The van der Waals surface area contributed by atoms with Gasteiger partial charge in [0.05, 0.1) is 4.47 Å². The van der Waals surface area contributed by atoms with Gasteiger partial charge in [0, 0.05) is 18.5 Å². The number of hydrogen-bond donors (Lipinski definition) is 3. The van der Waals surface area contributed by atoms with Crippen LogP contribution in [0.1, 0.15) is 19.3 Å². The lowest BCUT2D eigenvalue weighted by molar-refractivity contribution is -0.125. The minimum Gasteiger partial charge on any atom is -0.490 e. The van der Waals surface area contributed by atoms with E-state index < -0.39 is 6.10 Å². The molecular weight excluding hydrogens is 372 g/mol. The largest absolute Gasteiger partial charge is 0.490 e. The van der Waals surface area contributed by atoms with E-state index in [1.165, 1.54) is 0 Å². The number of aliphatic hydroxyl groups is 1. The Kier molecular flexibility index (Phi) is 8.17. The van der Waals surface area contributed by atoms with Crippen LogP contribution in [0, 0.1) is 5.92 Å². The van der Waals surface area contributed by atoms with Crippen molar-refractivity contribution in [1.82, 2.24) is 5.32 Å². The first-order valence-electron chi connectivity index (χ1n) is 7.15. The van der Waals surface area contributed by atoms with Crippen molar-refractivity contribution in [2.24, 2.45) is 11.7 Å². The predicted molar refractivity (Wildman–Crippen MR) is 91.2 cm³/mol. The van der Waals surface area contributed by atoms with E-state index in [-0.39, 0.29) is 43.4 Å². The average molecular weight is 394 g/mol. The summed E-state index contributed by atoms with van der Waals surface area (Å²) in [6.07, 6.45) is 1.72. The van der Waals surface area contributed by atoms with Crippen LogP contribution in [0.15, 0.2) is 28.7 Å². The SMILES string of the molecule is Cl.NC1CCC(C(=O)NCC(O)COc2ccccc2Br)C1. The van der Waals surface area contributed by atoms with Crippen molar-refractivity contribution in [3.63, 3.8) is 0 Å². The van der Waals surface area contributed by atoms with Crippen LogP contribution in [0.25, 0.3) is 0 Å². The maximum absolute atomic E-state index is 11.9. The second kappa shape index (κ2) is 9.35. The average Bonchev–Trinajstić information content (AvgIpc) is 2.90. The molecule has 0 spiro atoms. The highest BCUT2D eigenvalue weighted by Gasteiger charge is 2.27. The number of hydrogen-bond acceptors (Lipinski definition) is 4. The predicted octanol–water partition coefficient (Wildman–Crippen LogP) is 1.85. The molecule has 1 aliphatic rings. The number of halogens is 2. The van der Waals surface area contributed by atoms with Gasteiger partial charge >= 0.3 is 0 Å². The van der Waals surface area contributed by atoms with Crippen LogP contribution < -0.4 is 15.8 Å². The first kappa shape index (κ1) is 19.2. The Bertz CT molecular complexity index is 490. The highest BCUT2D eigenvalue weighted by molar-refractivity contribution is 9.10. The molecule has 0 saturated heterocycles. The molecule has 0 aromatic heterocycles. The molecule has 1 aromatic rings. The van der Waals surface area contributed by atoms with Gasteiger partial charge < -0.3 is 20.9 Å². The summed E-state index contributed by atoms with van der Waals surface area (Å²) in [7, 11) is 0. The number of ether oxygens (including phenoxy) is 1. The Labute approximate surface area is 145 Å². The fourth-order valence-corrected chi connectivity index (χ4v) is 2.82. The smallest absolute Gasteiger partial charge is 0.223 e. The second-order valence-electron chi connectivity index (χ2n) is 5.41. The zero-order valence-corrected chi connectivity index (χ0v) is 14.6. The third-order valence-corrected chi connectivity index (χ3v) is 4.28. The molecule has 0 heterocycles. The zero-order valence-electron chi connectivity index (χ0n) is 12.2. The fourth-order valence-electron chi connectivity index (χ4n) is 2.42. The minimum absolute atomic E-state index is 0. The van der Waals surface area contributed by atoms with Gasteiger partial charge in [-0.2, -0.15) is 0 Å². The van der Waals surface area contributed by atoms with E-state index in [9.17, 15) is 9.90 Å². The van der Waals surface area contributed by atoms with Gasteiger partial charge in [-0.05, 0) is 47.3 Å². The summed E-state index contributed by atoms with van der Waals surface area (Å²) >= 11 is 3.37. The quantitative estimate of drug-likeness (QED) is 0.689. The van der Waals surface area contributed by atoms with Crippen LogP contribution in [0.3, 0.4) is 0 Å². The maximum Gasteiger partial charge on any atom is 0.223 e. The topological polar surface area (TPSA) is 84.6 Å². The minimum atomic E-state index is -0.740. The molecule has 7 heteroatoms. The van der Waals surface area contributed by atoms with Crippen molar-refractivity contribution in [2.45, 2.75) is 31.4 Å². The normalized spacial score (nSPS) is 21.8. The van der Waals surface area contributed by atoms with E-state index in [2.05, 4.69) is 21.2 Å². The van der Waals surface area contributed by atoms with Gasteiger partial charge in [0.1, 0.15) is 18.5 Å². The van der Waals surface area contributed by atoms with E-state index >= 15 is 0 Å². The van der Waals surface area contributed by atoms with Crippen LogP contribution in [0.4, 0.5) is 0 Å². The molecule has 3 atom stereocenters. The molecule has 0 bridgehead atoms. The summed E-state index contributed by atoms with van der Waals surface area (Å²) in [4.78, 5) is 11.9. The van der Waals surface area contributed by atoms with E-state index in [1.54, 1.807) is 0 Å². The van der Waals surface area contributed by atoms with Gasteiger partial charge in [-0.3, -0.25) is 4.79 Å². The van der Waals surface area contributed by atoms with Gasteiger partial charge in [0.2, 0.25) is 5.91 Å². The Morgan fingerprint density at radius 3 is 2.82 bits per heavy atom. The molecule has 0 aliphatic heterocycles. The third-order valence-electron chi connectivity index (χ3n) is 3.62. The van der Waals surface area contributed by atoms with E-state index in [0.717, 1.165) is 23.7 Å². The first-order chi connectivity index (χ1) is 10.1. The van der Waals surface area contributed by atoms with Gasteiger partial charge in [-0.15, -0.1) is 12.4 Å². The van der Waals surface area contributed by atoms with Crippen molar-refractivity contribution in [3.05, 3.63) is 28.7 Å². The zero-order chi connectivity index (χ0) is 15.2. The summed E-state index contributed by atoms with van der Waals surface area (Å²) in [5, 5.41) is 12.6. The fraction of sp³-hybridized carbons (Fsp3) is 0.533. The van der Waals surface area contributed by atoms with Crippen LogP contribution in [0.2, 0.25) is 0 Å². The van der Waals surface area contributed by atoms with Crippen LogP contribution in [-0.4, -0.2) is 36.3 Å². The molecule has 1 saturated carbocycles. The Morgan fingerprint density at radius 2 is 2.18 bits per heavy atom. The Balaban J connectivity index is 0.00000242. The maximum atomic E-state index is 11.9. The Morgan fingerprint density at radius 1 is 1.45 bits per heavy atom. The number of carbonyl (C=O) groups excluding carboxylic acids is 1. The molecule has 22 heavy (non-hydrogen) atoms. The lowest BCUT2D eigenvalue weighted by Gasteiger charge is -2.16. The summed E-state index contributed by atoms with van der Waals surface area (Å²) in [6, 6.07) is 7.56. The summed E-state index contributed by atoms with van der Waals surface area (Å²) in [5.41, 5.74) is 5.79. The highest BCUT2D eigenvalue weighted by Crippen LogP contribution is 2.24. The number of nitrogens with one attached hydrogen (secondary N) is 1. The Hall–Kier alpha value is -0.820. The van der Waals surface area contributed by atoms with Crippen molar-refractivity contribution < 1.29 is 14.6 Å². The van der Waals surface area contributed by atoms with E-state index in [4.69, 9.17) is 10.5 Å². The molecule has 1 aliphatic carbocycles. The molecule has 0 radical (unpaired) electrons. The molecular formula is C15H22BrClN2O3. The third kappa shape index (κ3) is 5.76. The molecule has 124 valence electrons. The van der Waals surface area contributed by atoms with Crippen molar-refractivity contribution in [3.8, 4) is 5.75 Å². The van der Waals surface area contributed by atoms with Gasteiger partial charge in [0.15, 0.2) is 0 Å². The molecule has 1 aromatic carbocycles. The van der Waals surface area contributed by atoms with Crippen molar-refractivity contribution in [1.29, 1.82) is 0 Å². The second-order valence-corrected chi connectivity index (χ2v) is 6.26. The molecule has 2 rings (SSSR count). The highest BCUT2D eigenvalue weighted by atomic mass is 79.9. The van der Waals surface area contributed by atoms with Crippen LogP contribution >= 0.6 is 28.3 Å². The number of carbonyl (C=O) groups is 1. The number of amides is 1. The summed E-state index contributed by atoms with van der Waals surface area (Å²) in [6.45, 7) is 0.322. The summed E-state index contributed by atoms with van der Waals surface area (Å²) < 4.78 is 6.34. The number of aliphatic hydroxyl groups excluding tert-OH is 1. The number of benzene rings is 1. The lowest BCUT2D eigenvalue weighted by atomic mass is 10.1. The van der Waals surface area contributed by atoms with Crippen molar-refractivity contribution >= 4 is 34.2 Å². The van der Waals surface area contributed by atoms with Gasteiger partial charge in [-0.1, -0.05) is 12.1 Å². The first-order valence-corrected chi connectivity index (χ1v) is 7.94. The monoisotopic (exact) mass is 392 g/mol. The van der Waals surface area contributed by atoms with E-state index in [0.29, 0.717) is 5.75 Å². The van der Waals surface area contributed by atoms with Crippen LogP contribution in [-0.2, 0) is 4.79 Å². The number of para-hydroxylation sites is 1. The lowest BCUT2D eigenvalue weighted by Crippen LogP contribution is -2.38. The van der Waals surface area contributed by atoms with Gasteiger partial charge in [-0.25, -0.2) is 0 Å². The standard InChI is InChI=1S/C15H21BrN2O3.ClH/c16-13-3-1-2-4-14(13)21-9-12(19)8-18-15(20)10-5-6-11(17)7-10;/h1-4,10-12,19H,5-9,17H2,(H,18,20);1H. The van der Waals surface area contributed by atoms with Crippen molar-refractivity contribution in [2.75, 3.05) is 13.2 Å². The van der Waals surface area contributed by atoms with E-state index in [1.807, 2.05) is 24.3 Å². The number of nitrogens with two attached hydrogens (primary N) is 1. The number of rotatable bonds is 6. The van der Waals surface area contributed by atoms with Gasteiger partial charge in [0.25, 0.3) is 0 Å². The summed E-state index contributed by atoms with van der Waals surface area (Å²) in [5.74, 6) is 0.629.